The molecule has 0 spiro atoms. The van der Waals surface area contributed by atoms with Crippen molar-refractivity contribution in [3.05, 3.63) is 29.3 Å². The van der Waals surface area contributed by atoms with Crippen molar-refractivity contribution >= 4 is 5.69 Å². The second-order valence-electron chi connectivity index (χ2n) is 3.91. The summed E-state index contributed by atoms with van der Waals surface area (Å²) in [4.78, 5) is 2.11. The number of aryl methyl sites for hydroxylation is 1. The van der Waals surface area contributed by atoms with Crippen molar-refractivity contribution in [3.8, 4) is 0 Å². The summed E-state index contributed by atoms with van der Waals surface area (Å²) in [6.45, 7) is 6.40. The van der Waals surface area contributed by atoms with Crippen LogP contribution in [0.3, 0.4) is 0 Å². The Morgan fingerprint density at radius 1 is 1.38 bits per heavy atom. The Morgan fingerprint density at radius 2 is 2.12 bits per heavy atom. The zero-order valence-corrected chi connectivity index (χ0v) is 10.4. The van der Waals surface area contributed by atoms with Crippen LogP contribution in [0.15, 0.2) is 18.2 Å². The number of aliphatic hydroxyl groups excluding tert-OH is 1. The van der Waals surface area contributed by atoms with E-state index in [2.05, 4.69) is 11.0 Å². The van der Waals surface area contributed by atoms with Crippen molar-refractivity contribution in [2.75, 3.05) is 31.7 Å². The number of nitrogens with zero attached hydrogens (tertiary/aromatic N) is 1. The van der Waals surface area contributed by atoms with Gasteiger partial charge in [0.05, 0.1) is 13.2 Å². The van der Waals surface area contributed by atoms with E-state index in [9.17, 15) is 5.11 Å². The molecule has 1 aromatic carbocycles. The molecule has 1 N–H and O–H groups in total. The molecule has 1 aromatic rings. The van der Waals surface area contributed by atoms with Crippen LogP contribution in [0, 0.1) is 6.92 Å². The summed E-state index contributed by atoms with van der Waals surface area (Å²) < 4.78 is 5.32. The Morgan fingerprint density at radius 3 is 2.75 bits per heavy atom. The monoisotopic (exact) mass is 223 g/mol. The van der Waals surface area contributed by atoms with E-state index < -0.39 is 0 Å². The van der Waals surface area contributed by atoms with Gasteiger partial charge in [0.25, 0.3) is 0 Å². The van der Waals surface area contributed by atoms with Crippen molar-refractivity contribution in [3.63, 3.8) is 0 Å². The molecule has 1 rings (SSSR count). The molecule has 3 nitrogen and oxygen atoms in total. The Labute approximate surface area is 97.7 Å². The fourth-order valence-corrected chi connectivity index (χ4v) is 1.68. The molecule has 90 valence electrons. The van der Waals surface area contributed by atoms with E-state index >= 15 is 0 Å². The minimum Gasteiger partial charge on any atom is -0.392 e. The first-order valence-electron chi connectivity index (χ1n) is 5.68. The third kappa shape index (κ3) is 3.51. The summed E-state index contributed by atoms with van der Waals surface area (Å²) in [6.07, 6.45) is 0. The molecular weight excluding hydrogens is 202 g/mol. The third-order valence-corrected chi connectivity index (χ3v) is 2.59. The molecule has 0 aliphatic rings. The quantitative estimate of drug-likeness (QED) is 0.748. The summed E-state index contributed by atoms with van der Waals surface area (Å²) in [6, 6.07) is 6.13. The lowest BCUT2D eigenvalue weighted by atomic mass is 10.1. The standard InChI is InChI=1S/C13H21NO2/c1-4-16-8-7-14(3)13-6-5-11(2)9-12(13)10-15/h5-6,9,15H,4,7-8,10H2,1-3H3. The molecule has 0 heterocycles. The summed E-state index contributed by atoms with van der Waals surface area (Å²) in [5, 5.41) is 9.31. The molecule has 0 amide bonds. The van der Waals surface area contributed by atoms with E-state index in [1.807, 2.05) is 33.0 Å². The molecule has 0 aliphatic heterocycles. The van der Waals surface area contributed by atoms with Crippen LogP contribution in [0.4, 0.5) is 5.69 Å². The van der Waals surface area contributed by atoms with Crippen LogP contribution < -0.4 is 4.90 Å². The normalized spacial score (nSPS) is 10.5. The second kappa shape index (κ2) is 6.51. The van der Waals surface area contributed by atoms with E-state index in [4.69, 9.17) is 4.74 Å². The zero-order valence-electron chi connectivity index (χ0n) is 10.4. The van der Waals surface area contributed by atoms with Gasteiger partial charge in [0.1, 0.15) is 0 Å². The summed E-state index contributed by atoms with van der Waals surface area (Å²) in [7, 11) is 2.02. The summed E-state index contributed by atoms with van der Waals surface area (Å²) in [5.41, 5.74) is 3.22. The molecule has 0 aliphatic carbocycles. The van der Waals surface area contributed by atoms with Crippen LogP contribution in [0.2, 0.25) is 0 Å². The molecule has 16 heavy (non-hydrogen) atoms. The number of hydrogen-bond acceptors (Lipinski definition) is 3. The van der Waals surface area contributed by atoms with Gasteiger partial charge in [-0.05, 0) is 19.9 Å². The Bertz CT molecular complexity index is 326. The van der Waals surface area contributed by atoms with E-state index in [0.29, 0.717) is 6.61 Å². The van der Waals surface area contributed by atoms with Gasteiger partial charge in [-0.2, -0.15) is 0 Å². The first-order valence-corrected chi connectivity index (χ1v) is 5.68. The van der Waals surface area contributed by atoms with Gasteiger partial charge in [0, 0.05) is 31.5 Å². The number of likely N-dealkylation sites (N-methyl/N-ethyl adjacent to an activating group) is 1. The van der Waals surface area contributed by atoms with Crippen LogP contribution >= 0.6 is 0 Å². The van der Waals surface area contributed by atoms with Crippen molar-refractivity contribution in [1.29, 1.82) is 0 Å². The number of anilines is 1. The minimum absolute atomic E-state index is 0.0794. The molecule has 0 atom stereocenters. The van der Waals surface area contributed by atoms with Crippen molar-refractivity contribution in [1.82, 2.24) is 0 Å². The summed E-state index contributed by atoms with van der Waals surface area (Å²) in [5.74, 6) is 0. The maximum absolute atomic E-state index is 9.31. The molecule has 0 fully saturated rings. The van der Waals surface area contributed by atoms with Crippen molar-refractivity contribution in [2.24, 2.45) is 0 Å². The van der Waals surface area contributed by atoms with Gasteiger partial charge in [0.2, 0.25) is 0 Å². The molecule has 0 unspecified atom stereocenters. The van der Waals surface area contributed by atoms with Crippen LogP contribution in [-0.4, -0.2) is 31.9 Å². The molecule has 3 heteroatoms. The van der Waals surface area contributed by atoms with Gasteiger partial charge >= 0.3 is 0 Å². The lowest BCUT2D eigenvalue weighted by molar-refractivity contribution is 0.154. The van der Waals surface area contributed by atoms with Gasteiger partial charge in [-0.15, -0.1) is 0 Å². The van der Waals surface area contributed by atoms with Gasteiger partial charge < -0.3 is 14.7 Å². The number of rotatable bonds is 6. The molecule has 0 bridgehead atoms. The van der Waals surface area contributed by atoms with E-state index in [-0.39, 0.29) is 6.61 Å². The highest BCUT2D eigenvalue weighted by Crippen LogP contribution is 2.20. The first-order chi connectivity index (χ1) is 7.69. The maximum Gasteiger partial charge on any atom is 0.0702 e. The zero-order chi connectivity index (χ0) is 12.0. The molecular formula is C13H21NO2. The Kier molecular flexibility index (Phi) is 5.29. The molecule has 0 radical (unpaired) electrons. The Balaban J connectivity index is 2.70. The largest absolute Gasteiger partial charge is 0.392 e. The van der Waals surface area contributed by atoms with Crippen molar-refractivity contribution < 1.29 is 9.84 Å². The average molecular weight is 223 g/mol. The number of ether oxygens (including phenoxy) is 1. The predicted octanol–water partition coefficient (Wildman–Crippen LogP) is 1.96. The second-order valence-corrected chi connectivity index (χ2v) is 3.91. The Hall–Kier alpha value is -1.06. The average Bonchev–Trinajstić information content (AvgIpc) is 2.29. The van der Waals surface area contributed by atoms with Crippen LogP contribution in [0.1, 0.15) is 18.1 Å². The van der Waals surface area contributed by atoms with Crippen molar-refractivity contribution in [2.45, 2.75) is 20.5 Å². The van der Waals surface area contributed by atoms with Crippen LogP contribution in [0.5, 0.6) is 0 Å². The fourth-order valence-electron chi connectivity index (χ4n) is 1.68. The highest BCUT2D eigenvalue weighted by molar-refractivity contribution is 5.54. The minimum atomic E-state index is 0.0794. The molecule has 0 aromatic heterocycles. The highest BCUT2D eigenvalue weighted by atomic mass is 16.5. The lowest BCUT2D eigenvalue weighted by Crippen LogP contribution is -2.23. The van der Waals surface area contributed by atoms with Gasteiger partial charge in [-0.25, -0.2) is 0 Å². The molecule has 0 saturated carbocycles. The first kappa shape index (κ1) is 13.0. The summed E-state index contributed by atoms with van der Waals surface area (Å²) >= 11 is 0. The number of aliphatic hydroxyl groups is 1. The van der Waals surface area contributed by atoms with Gasteiger partial charge in [-0.1, -0.05) is 17.7 Å². The fraction of sp³-hybridized carbons (Fsp3) is 0.538. The maximum atomic E-state index is 9.31. The van der Waals surface area contributed by atoms with E-state index in [1.165, 1.54) is 5.56 Å². The topological polar surface area (TPSA) is 32.7 Å². The van der Waals surface area contributed by atoms with E-state index in [0.717, 1.165) is 24.4 Å². The van der Waals surface area contributed by atoms with Crippen LogP contribution in [-0.2, 0) is 11.3 Å². The smallest absolute Gasteiger partial charge is 0.0702 e. The SMILES string of the molecule is CCOCCN(C)c1ccc(C)cc1CO. The van der Waals surface area contributed by atoms with Crippen LogP contribution in [0.25, 0.3) is 0 Å². The third-order valence-electron chi connectivity index (χ3n) is 2.59. The number of hydrogen-bond donors (Lipinski definition) is 1. The molecule has 0 saturated heterocycles. The predicted molar refractivity (Wildman–Crippen MR) is 66.9 cm³/mol. The lowest BCUT2D eigenvalue weighted by Gasteiger charge is -2.22. The van der Waals surface area contributed by atoms with Gasteiger partial charge in [0.15, 0.2) is 0 Å². The van der Waals surface area contributed by atoms with Gasteiger partial charge in [-0.3, -0.25) is 0 Å². The number of benzene rings is 1. The highest BCUT2D eigenvalue weighted by Gasteiger charge is 2.06. The van der Waals surface area contributed by atoms with E-state index in [1.54, 1.807) is 0 Å².